The summed E-state index contributed by atoms with van der Waals surface area (Å²) in [5.41, 5.74) is 2.41. The second kappa shape index (κ2) is 4.89. The highest BCUT2D eigenvalue weighted by Gasteiger charge is 2.05. The number of para-hydroxylation sites is 2. The first-order valence-electron chi connectivity index (χ1n) is 4.86. The Hall–Kier alpha value is -1.41. The van der Waals surface area contributed by atoms with Gasteiger partial charge >= 0.3 is 0 Å². The summed E-state index contributed by atoms with van der Waals surface area (Å²) in [7, 11) is 0. The van der Waals surface area contributed by atoms with E-state index < -0.39 is 0 Å². The van der Waals surface area contributed by atoms with E-state index in [0.717, 1.165) is 0 Å². The number of rotatable bonds is 3. The molecule has 1 nitrogen and oxygen atoms in total. The molecule has 0 bridgehead atoms. The summed E-state index contributed by atoms with van der Waals surface area (Å²) < 4.78 is 2.21. The minimum Gasteiger partial charge on any atom is -0.285 e. The fraction of sp³-hybridized carbons (Fsp3) is 0.0769. The summed E-state index contributed by atoms with van der Waals surface area (Å²) in [6.07, 6.45) is 2.08. The van der Waals surface area contributed by atoms with Gasteiger partial charge in [0.15, 0.2) is 0 Å². The van der Waals surface area contributed by atoms with Crippen molar-refractivity contribution in [3.63, 3.8) is 0 Å². The zero-order valence-corrected chi connectivity index (χ0v) is 9.45. The van der Waals surface area contributed by atoms with Gasteiger partial charge < -0.3 is 0 Å². The molecule has 2 aromatic carbocycles. The minimum atomic E-state index is 1.20. The minimum absolute atomic E-state index is 1.20. The van der Waals surface area contributed by atoms with Crippen molar-refractivity contribution < 1.29 is 0 Å². The fourth-order valence-electron chi connectivity index (χ4n) is 1.49. The molecule has 2 heteroatoms. The van der Waals surface area contributed by atoms with Crippen LogP contribution in [0.25, 0.3) is 0 Å². The number of anilines is 2. The van der Waals surface area contributed by atoms with E-state index in [4.69, 9.17) is 0 Å². The normalized spacial score (nSPS) is 9.93. The van der Waals surface area contributed by atoms with Gasteiger partial charge in [0.2, 0.25) is 0 Å². The van der Waals surface area contributed by atoms with E-state index in [2.05, 4.69) is 59.1 Å². The van der Waals surface area contributed by atoms with Crippen LogP contribution in [-0.4, -0.2) is 6.26 Å². The van der Waals surface area contributed by atoms with E-state index in [1.807, 2.05) is 12.1 Å². The van der Waals surface area contributed by atoms with Gasteiger partial charge in [-0.3, -0.25) is 4.31 Å². The summed E-state index contributed by atoms with van der Waals surface area (Å²) in [5.74, 6) is 0. The lowest BCUT2D eigenvalue weighted by Gasteiger charge is -2.21. The Morgan fingerprint density at radius 1 is 0.733 bits per heavy atom. The van der Waals surface area contributed by atoms with Crippen LogP contribution in [0, 0.1) is 0 Å². The van der Waals surface area contributed by atoms with E-state index in [9.17, 15) is 0 Å². The van der Waals surface area contributed by atoms with Crippen LogP contribution in [0.1, 0.15) is 0 Å². The molecule has 76 valence electrons. The number of hydrogen-bond acceptors (Lipinski definition) is 2. The molecule has 2 rings (SSSR count). The second-order valence-electron chi connectivity index (χ2n) is 3.15. The zero-order valence-electron chi connectivity index (χ0n) is 8.63. The summed E-state index contributed by atoms with van der Waals surface area (Å²) in [5, 5.41) is 0. The quantitative estimate of drug-likeness (QED) is 0.709. The van der Waals surface area contributed by atoms with Crippen molar-refractivity contribution in [3.05, 3.63) is 60.7 Å². The first-order chi connectivity index (χ1) is 7.42. The summed E-state index contributed by atoms with van der Waals surface area (Å²) in [4.78, 5) is 0. The summed E-state index contributed by atoms with van der Waals surface area (Å²) in [6, 6.07) is 20.8. The maximum atomic E-state index is 2.21. The Kier molecular flexibility index (Phi) is 3.30. The van der Waals surface area contributed by atoms with Crippen LogP contribution >= 0.6 is 11.9 Å². The van der Waals surface area contributed by atoms with Crippen molar-refractivity contribution >= 4 is 23.3 Å². The Morgan fingerprint density at radius 2 is 1.13 bits per heavy atom. The lowest BCUT2D eigenvalue weighted by molar-refractivity contribution is 1.43. The average molecular weight is 215 g/mol. The predicted octanol–water partition coefficient (Wildman–Crippen LogP) is 4.10. The first-order valence-corrected chi connectivity index (χ1v) is 6.04. The maximum Gasteiger partial charge on any atom is 0.0525 e. The Bertz CT molecular complexity index is 360. The lowest BCUT2D eigenvalue weighted by atomic mass is 10.3. The Morgan fingerprint density at radius 3 is 1.47 bits per heavy atom. The molecular weight excluding hydrogens is 202 g/mol. The molecule has 15 heavy (non-hydrogen) atoms. The van der Waals surface area contributed by atoms with Gasteiger partial charge in [0.05, 0.1) is 11.4 Å². The largest absolute Gasteiger partial charge is 0.285 e. The molecule has 0 saturated heterocycles. The van der Waals surface area contributed by atoms with Crippen LogP contribution in [0.4, 0.5) is 11.4 Å². The van der Waals surface area contributed by atoms with Gasteiger partial charge in [0.25, 0.3) is 0 Å². The summed E-state index contributed by atoms with van der Waals surface area (Å²) >= 11 is 1.71. The van der Waals surface area contributed by atoms with Crippen molar-refractivity contribution in [1.82, 2.24) is 0 Å². The third-order valence-electron chi connectivity index (χ3n) is 2.16. The van der Waals surface area contributed by atoms with Crippen molar-refractivity contribution in [1.29, 1.82) is 0 Å². The van der Waals surface area contributed by atoms with Crippen LogP contribution < -0.4 is 4.31 Å². The molecule has 2 aromatic rings. The van der Waals surface area contributed by atoms with Crippen LogP contribution in [0.2, 0.25) is 0 Å². The monoisotopic (exact) mass is 215 g/mol. The van der Waals surface area contributed by atoms with Gasteiger partial charge in [-0.15, -0.1) is 0 Å². The van der Waals surface area contributed by atoms with E-state index in [-0.39, 0.29) is 0 Å². The molecule has 0 heterocycles. The Balaban J connectivity index is 2.34. The van der Waals surface area contributed by atoms with E-state index in [0.29, 0.717) is 0 Å². The van der Waals surface area contributed by atoms with Crippen LogP contribution in [0.5, 0.6) is 0 Å². The molecule has 0 atom stereocenters. The lowest BCUT2D eigenvalue weighted by Crippen LogP contribution is -2.04. The first kappa shape index (κ1) is 10.1. The van der Waals surface area contributed by atoms with Crippen LogP contribution in [0.15, 0.2) is 60.7 Å². The van der Waals surface area contributed by atoms with Crippen LogP contribution in [-0.2, 0) is 0 Å². The highest BCUT2D eigenvalue weighted by molar-refractivity contribution is 8.00. The summed E-state index contributed by atoms with van der Waals surface area (Å²) in [6.45, 7) is 0. The topological polar surface area (TPSA) is 3.24 Å². The molecule has 0 unspecified atom stereocenters. The van der Waals surface area contributed by atoms with Gasteiger partial charge in [-0.25, -0.2) is 0 Å². The molecule has 0 saturated carbocycles. The van der Waals surface area contributed by atoms with Gasteiger partial charge in [0.1, 0.15) is 0 Å². The van der Waals surface area contributed by atoms with Gasteiger partial charge in [-0.05, 0) is 36.2 Å². The average Bonchev–Trinajstić information content (AvgIpc) is 2.33. The molecule has 0 aromatic heterocycles. The van der Waals surface area contributed by atoms with E-state index in [1.165, 1.54) is 11.4 Å². The molecule has 0 spiro atoms. The number of benzene rings is 2. The van der Waals surface area contributed by atoms with Gasteiger partial charge in [0, 0.05) is 6.26 Å². The van der Waals surface area contributed by atoms with E-state index in [1.54, 1.807) is 11.9 Å². The highest BCUT2D eigenvalue weighted by atomic mass is 32.2. The predicted molar refractivity (Wildman–Crippen MR) is 68.5 cm³/mol. The van der Waals surface area contributed by atoms with E-state index >= 15 is 0 Å². The second-order valence-corrected chi connectivity index (χ2v) is 3.88. The molecule has 0 aliphatic carbocycles. The third-order valence-corrected chi connectivity index (χ3v) is 2.95. The standard InChI is InChI=1S/C13H13NS/c1-15-14(12-8-4-2-5-9-12)13-10-6-3-7-11-13/h2-11H,1H3. The van der Waals surface area contributed by atoms with Gasteiger partial charge in [-0.1, -0.05) is 36.4 Å². The smallest absolute Gasteiger partial charge is 0.0525 e. The highest BCUT2D eigenvalue weighted by Crippen LogP contribution is 2.30. The molecule has 0 fully saturated rings. The maximum absolute atomic E-state index is 2.21. The fourth-order valence-corrected chi connectivity index (χ4v) is 2.15. The number of nitrogens with zero attached hydrogens (tertiary/aromatic N) is 1. The SMILES string of the molecule is CSN(c1ccccc1)c1ccccc1. The zero-order chi connectivity index (χ0) is 10.5. The van der Waals surface area contributed by atoms with Gasteiger partial charge in [-0.2, -0.15) is 0 Å². The molecule has 0 aliphatic heterocycles. The molecule has 0 aliphatic rings. The van der Waals surface area contributed by atoms with Crippen molar-refractivity contribution in [3.8, 4) is 0 Å². The van der Waals surface area contributed by atoms with Crippen LogP contribution in [0.3, 0.4) is 0 Å². The molecular formula is C13H13NS. The molecule has 0 N–H and O–H groups in total. The van der Waals surface area contributed by atoms with Crippen molar-refractivity contribution in [2.45, 2.75) is 0 Å². The Labute approximate surface area is 94.9 Å². The molecule has 0 radical (unpaired) electrons. The van der Waals surface area contributed by atoms with Crippen molar-refractivity contribution in [2.24, 2.45) is 0 Å². The molecule has 0 amide bonds. The third kappa shape index (κ3) is 2.34. The number of hydrogen-bond donors (Lipinski definition) is 0. The van der Waals surface area contributed by atoms with Crippen molar-refractivity contribution in [2.75, 3.05) is 10.6 Å².